The molecule has 5 nitrogen and oxygen atoms in total. The third kappa shape index (κ3) is 3.73. The number of carbonyl (C=O) groups is 1. The molecule has 1 fully saturated rings. The van der Waals surface area contributed by atoms with Crippen LogP contribution in [0.4, 0.5) is 5.82 Å². The fourth-order valence-electron chi connectivity index (χ4n) is 2.91. The Morgan fingerprint density at radius 2 is 2.00 bits per heavy atom. The Morgan fingerprint density at radius 1 is 1.25 bits per heavy atom. The second-order valence-corrected chi connectivity index (χ2v) is 6.73. The maximum absolute atomic E-state index is 12.1. The van der Waals surface area contributed by atoms with Crippen LogP contribution >= 0.6 is 23.2 Å². The van der Waals surface area contributed by atoms with E-state index in [4.69, 9.17) is 23.2 Å². The number of hydrogen-bond donors (Lipinski definition) is 1. The van der Waals surface area contributed by atoms with Crippen LogP contribution in [0.2, 0.25) is 10.0 Å². The molecule has 1 saturated heterocycles. The number of aromatic nitrogens is 2. The van der Waals surface area contributed by atoms with Crippen LogP contribution in [0.25, 0.3) is 10.9 Å². The molecule has 1 N–H and O–H groups in total. The van der Waals surface area contributed by atoms with Gasteiger partial charge >= 0.3 is 0 Å². The molecule has 3 rings (SSSR count). The molecule has 0 aliphatic carbocycles. The van der Waals surface area contributed by atoms with Crippen molar-refractivity contribution in [2.45, 2.75) is 32.6 Å². The van der Waals surface area contributed by atoms with Gasteiger partial charge in [0.15, 0.2) is 0 Å². The third-order valence-electron chi connectivity index (χ3n) is 4.17. The smallest absolute Gasteiger partial charge is 0.224 e. The second kappa shape index (κ2) is 7.53. The zero-order valence-electron chi connectivity index (χ0n) is 13.6. The lowest BCUT2D eigenvalue weighted by Crippen LogP contribution is -2.29. The number of fused-ring (bicyclic) bond motifs is 1. The summed E-state index contributed by atoms with van der Waals surface area (Å²) < 4.78 is 0. The first-order valence-electron chi connectivity index (χ1n) is 8.26. The molecule has 2 heterocycles. The molecule has 7 heteroatoms. The van der Waals surface area contributed by atoms with Crippen LogP contribution in [0.3, 0.4) is 0 Å². The summed E-state index contributed by atoms with van der Waals surface area (Å²) in [6.45, 7) is 4.27. The average molecular weight is 367 g/mol. The van der Waals surface area contributed by atoms with E-state index in [0.29, 0.717) is 46.6 Å². The summed E-state index contributed by atoms with van der Waals surface area (Å²) in [4.78, 5) is 23.1. The van der Waals surface area contributed by atoms with Crippen molar-refractivity contribution in [3.63, 3.8) is 0 Å². The number of nitrogens with zero attached hydrogens (tertiary/aromatic N) is 3. The van der Waals surface area contributed by atoms with Gasteiger partial charge in [0, 0.05) is 42.9 Å². The van der Waals surface area contributed by atoms with Gasteiger partial charge in [-0.3, -0.25) is 4.79 Å². The predicted octanol–water partition coefficient (Wildman–Crippen LogP) is 3.92. The van der Waals surface area contributed by atoms with Gasteiger partial charge in [-0.15, -0.1) is 0 Å². The van der Waals surface area contributed by atoms with Gasteiger partial charge in [0.1, 0.15) is 11.6 Å². The molecule has 0 spiro atoms. The summed E-state index contributed by atoms with van der Waals surface area (Å²) in [6, 6.07) is 3.48. The minimum atomic E-state index is 0.185. The number of hydrogen-bond acceptors (Lipinski definition) is 4. The first-order valence-corrected chi connectivity index (χ1v) is 9.01. The van der Waals surface area contributed by atoms with E-state index in [1.54, 1.807) is 12.1 Å². The average Bonchev–Trinajstić information content (AvgIpc) is 3.09. The van der Waals surface area contributed by atoms with E-state index in [2.05, 4.69) is 15.3 Å². The summed E-state index contributed by atoms with van der Waals surface area (Å²) in [5.41, 5.74) is 0.682. The van der Waals surface area contributed by atoms with Gasteiger partial charge in [0.2, 0.25) is 5.91 Å². The van der Waals surface area contributed by atoms with Crippen molar-refractivity contribution >= 4 is 45.8 Å². The highest BCUT2D eigenvalue weighted by Crippen LogP contribution is 2.30. The summed E-state index contributed by atoms with van der Waals surface area (Å²) in [7, 11) is 0. The predicted molar refractivity (Wildman–Crippen MR) is 97.9 cm³/mol. The van der Waals surface area contributed by atoms with Gasteiger partial charge in [0.05, 0.1) is 10.5 Å². The van der Waals surface area contributed by atoms with Gasteiger partial charge in [-0.2, -0.15) is 0 Å². The second-order valence-electron chi connectivity index (χ2n) is 5.89. The molecule has 2 aromatic rings. The number of likely N-dealkylation sites (tertiary alicyclic amines) is 1. The van der Waals surface area contributed by atoms with E-state index in [-0.39, 0.29) is 5.91 Å². The van der Waals surface area contributed by atoms with Crippen LogP contribution in [0.15, 0.2) is 12.1 Å². The lowest BCUT2D eigenvalue weighted by atomic mass is 10.2. The van der Waals surface area contributed by atoms with E-state index in [1.165, 1.54) is 0 Å². The van der Waals surface area contributed by atoms with Crippen molar-refractivity contribution in [2.75, 3.05) is 25.0 Å². The molecule has 1 aromatic heterocycles. The normalized spacial score (nSPS) is 14.4. The van der Waals surface area contributed by atoms with E-state index in [1.807, 2.05) is 11.8 Å². The largest absolute Gasteiger partial charge is 0.369 e. The highest BCUT2D eigenvalue weighted by molar-refractivity contribution is 6.38. The van der Waals surface area contributed by atoms with Crippen LogP contribution in [0.5, 0.6) is 0 Å². The number of amides is 1. The van der Waals surface area contributed by atoms with Gasteiger partial charge < -0.3 is 10.2 Å². The van der Waals surface area contributed by atoms with E-state index < -0.39 is 0 Å². The van der Waals surface area contributed by atoms with Gasteiger partial charge in [0.25, 0.3) is 0 Å². The Labute approximate surface area is 151 Å². The van der Waals surface area contributed by atoms with Gasteiger partial charge in [-0.25, -0.2) is 9.97 Å². The highest BCUT2D eigenvalue weighted by atomic mass is 35.5. The van der Waals surface area contributed by atoms with E-state index >= 15 is 0 Å². The molecule has 128 valence electrons. The van der Waals surface area contributed by atoms with Crippen LogP contribution in [0.1, 0.15) is 32.0 Å². The summed E-state index contributed by atoms with van der Waals surface area (Å²) in [5, 5.41) is 5.08. The van der Waals surface area contributed by atoms with Crippen molar-refractivity contribution in [1.82, 2.24) is 14.9 Å². The molecule has 0 bridgehead atoms. The molecule has 0 unspecified atom stereocenters. The van der Waals surface area contributed by atoms with E-state index in [9.17, 15) is 4.79 Å². The van der Waals surface area contributed by atoms with Gasteiger partial charge in [-0.1, -0.05) is 30.1 Å². The first-order chi connectivity index (χ1) is 11.6. The van der Waals surface area contributed by atoms with Crippen molar-refractivity contribution < 1.29 is 4.79 Å². The molecule has 1 aromatic carbocycles. The Hall–Kier alpha value is -1.59. The molecule has 24 heavy (non-hydrogen) atoms. The Bertz CT molecular complexity index is 760. The standard InChI is InChI=1S/C17H20Cl2N4O/c1-2-14-21-16-12(9-11(18)10-13(16)19)17(22-14)20-6-5-15(24)23-7-3-4-8-23/h9-10H,2-8H2,1H3,(H,20,21,22). The SMILES string of the molecule is CCc1nc(NCCC(=O)N2CCCC2)c2cc(Cl)cc(Cl)c2n1. The lowest BCUT2D eigenvalue weighted by molar-refractivity contribution is -0.129. The van der Waals surface area contributed by atoms with Crippen molar-refractivity contribution in [3.05, 3.63) is 28.0 Å². The topological polar surface area (TPSA) is 58.1 Å². The Kier molecular flexibility index (Phi) is 5.41. The quantitative estimate of drug-likeness (QED) is 0.870. The van der Waals surface area contributed by atoms with Gasteiger partial charge in [-0.05, 0) is 25.0 Å². The highest BCUT2D eigenvalue weighted by Gasteiger charge is 2.17. The van der Waals surface area contributed by atoms with Crippen LogP contribution in [-0.2, 0) is 11.2 Å². The third-order valence-corrected chi connectivity index (χ3v) is 4.68. The molecule has 0 atom stereocenters. The zero-order chi connectivity index (χ0) is 17.1. The maximum Gasteiger partial charge on any atom is 0.224 e. The first kappa shape index (κ1) is 17.2. The number of aryl methyl sites for hydroxylation is 1. The van der Waals surface area contributed by atoms with Crippen molar-refractivity contribution in [1.29, 1.82) is 0 Å². The number of nitrogens with one attached hydrogen (secondary N) is 1. The minimum Gasteiger partial charge on any atom is -0.369 e. The monoisotopic (exact) mass is 366 g/mol. The number of halogens is 2. The summed E-state index contributed by atoms with van der Waals surface area (Å²) in [6.07, 6.45) is 3.36. The fraction of sp³-hybridized carbons (Fsp3) is 0.471. The van der Waals surface area contributed by atoms with Crippen LogP contribution in [0, 0.1) is 0 Å². The van der Waals surface area contributed by atoms with Crippen molar-refractivity contribution in [2.24, 2.45) is 0 Å². The molecule has 1 aliphatic rings. The number of benzene rings is 1. The minimum absolute atomic E-state index is 0.185. The number of anilines is 1. The van der Waals surface area contributed by atoms with Crippen LogP contribution < -0.4 is 5.32 Å². The summed E-state index contributed by atoms with van der Waals surface area (Å²) in [5.74, 6) is 1.57. The molecule has 1 amide bonds. The van der Waals surface area contributed by atoms with Crippen molar-refractivity contribution in [3.8, 4) is 0 Å². The molecular formula is C17H20Cl2N4O. The van der Waals surface area contributed by atoms with Crippen LogP contribution in [-0.4, -0.2) is 40.4 Å². The molecule has 0 saturated carbocycles. The zero-order valence-corrected chi connectivity index (χ0v) is 15.1. The number of carbonyl (C=O) groups excluding carboxylic acids is 1. The summed E-state index contributed by atoms with van der Waals surface area (Å²) >= 11 is 12.4. The molecular weight excluding hydrogens is 347 g/mol. The number of rotatable bonds is 5. The fourth-order valence-corrected chi connectivity index (χ4v) is 3.44. The maximum atomic E-state index is 12.1. The molecule has 1 aliphatic heterocycles. The molecule has 0 radical (unpaired) electrons. The lowest BCUT2D eigenvalue weighted by Gasteiger charge is -2.16. The Morgan fingerprint density at radius 3 is 2.71 bits per heavy atom. The van der Waals surface area contributed by atoms with E-state index in [0.717, 1.165) is 31.3 Å². The Balaban J connectivity index is 1.78.